The summed E-state index contributed by atoms with van der Waals surface area (Å²) in [5, 5.41) is 7.57. The van der Waals surface area contributed by atoms with Crippen molar-refractivity contribution >= 4 is 5.97 Å². The molecule has 0 unspecified atom stereocenters. The maximum absolute atomic E-state index is 10.7. The van der Waals surface area contributed by atoms with E-state index in [0.29, 0.717) is 6.42 Å². The molecule has 110 valence electrons. The lowest BCUT2D eigenvalue weighted by Gasteiger charge is -2.01. The molecule has 0 saturated heterocycles. The minimum atomic E-state index is -0.294. The quantitative estimate of drug-likeness (QED) is 0.467. The van der Waals surface area contributed by atoms with E-state index in [9.17, 15) is 4.79 Å². The Morgan fingerprint density at radius 2 is 1.33 bits per heavy atom. The van der Waals surface area contributed by atoms with E-state index in [1.54, 1.807) is 6.92 Å². The van der Waals surface area contributed by atoms with Gasteiger partial charge in [0, 0.05) is 13.0 Å². The van der Waals surface area contributed by atoms with Crippen LogP contribution in [0.2, 0.25) is 0 Å². The zero-order valence-electron chi connectivity index (χ0n) is 12.1. The molecule has 0 bridgehead atoms. The lowest BCUT2D eigenvalue weighted by molar-refractivity contribution is -0.144. The number of hydrogen-bond acceptors (Lipinski definition) is 4. The fraction of sp³-hybridized carbons (Fsp3) is 0.929. The van der Waals surface area contributed by atoms with Gasteiger partial charge in [0.25, 0.3) is 0 Å². The average Bonchev–Trinajstić information content (AvgIpc) is 2.37. The smallest absolute Gasteiger partial charge is 0.324 e. The van der Waals surface area contributed by atoms with E-state index < -0.39 is 0 Å². The Balaban J connectivity index is 0. The van der Waals surface area contributed by atoms with Crippen molar-refractivity contribution in [1.82, 2.24) is 0 Å². The van der Waals surface area contributed by atoms with Gasteiger partial charge < -0.3 is 9.94 Å². The van der Waals surface area contributed by atoms with Crippen LogP contribution in [0.25, 0.3) is 0 Å². The molecule has 4 nitrogen and oxygen atoms in total. The Hall–Kier alpha value is -0.610. The second-order valence-corrected chi connectivity index (χ2v) is 4.38. The van der Waals surface area contributed by atoms with E-state index in [2.05, 4.69) is 11.8 Å². The van der Waals surface area contributed by atoms with Crippen molar-refractivity contribution in [3.8, 4) is 0 Å². The van der Waals surface area contributed by atoms with Gasteiger partial charge >= 0.3 is 5.97 Å². The molecule has 0 amide bonds. The van der Waals surface area contributed by atoms with Gasteiger partial charge in [0.05, 0.1) is 0 Å². The van der Waals surface area contributed by atoms with Crippen LogP contribution in [-0.4, -0.2) is 17.7 Å². The molecule has 0 aromatic carbocycles. The molecular weight excluding hydrogens is 230 g/mol. The van der Waals surface area contributed by atoms with E-state index in [4.69, 9.17) is 11.0 Å². The zero-order valence-corrected chi connectivity index (χ0v) is 12.1. The van der Waals surface area contributed by atoms with Gasteiger partial charge in [-0.1, -0.05) is 58.3 Å². The number of nitrogens with two attached hydrogens (primary N) is 1. The van der Waals surface area contributed by atoms with Crippen LogP contribution in [0.4, 0.5) is 0 Å². The van der Waals surface area contributed by atoms with E-state index in [0.717, 1.165) is 12.8 Å². The summed E-state index contributed by atoms with van der Waals surface area (Å²) >= 11 is 0. The monoisotopic (exact) mass is 261 g/mol. The summed E-state index contributed by atoms with van der Waals surface area (Å²) < 4.78 is 0. The molecule has 0 saturated carbocycles. The minimum absolute atomic E-state index is 0.250. The van der Waals surface area contributed by atoms with Crippen LogP contribution in [0.15, 0.2) is 0 Å². The maximum atomic E-state index is 10.7. The Morgan fingerprint density at radius 1 is 0.944 bits per heavy atom. The first kappa shape index (κ1) is 19.7. The molecule has 0 radical (unpaired) electrons. The van der Waals surface area contributed by atoms with E-state index in [-0.39, 0.29) is 12.6 Å². The number of carbonyl (C=O) groups excluding carboxylic acids is 1. The third-order valence-corrected chi connectivity index (χ3v) is 2.62. The number of aliphatic hydroxyl groups is 1. The average molecular weight is 261 g/mol. The van der Waals surface area contributed by atoms with Crippen molar-refractivity contribution in [1.29, 1.82) is 0 Å². The van der Waals surface area contributed by atoms with Gasteiger partial charge in [-0.25, -0.2) is 0 Å². The van der Waals surface area contributed by atoms with Crippen molar-refractivity contribution in [3.05, 3.63) is 0 Å². The second-order valence-electron chi connectivity index (χ2n) is 4.38. The van der Waals surface area contributed by atoms with Crippen LogP contribution in [-0.2, 0) is 9.63 Å². The molecule has 0 aromatic rings. The van der Waals surface area contributed by atoms with Crippen LogP contribution < -0.4 is 5.90 Å². The lowest BCUT2D eigenvalue weighted by Crippen LogP contribution is -2.08. The Bertz CT molecular complexity index is 163. The van der Waals surface area contributed by atoms with Crippen LogP contribution in [0.5, 0.6) is 0 Å². The van der Waals surface area contributed by atoms with Gasteiger partial charge in [-0.05, 0) is 13.3 Å². The fourth-order valence-corrected chi connectivity index (χ4v) is 1.64. The lowest BCUT2D eigenvalue weighted by atomic mass is 10.1. The van der Waals surface area contributed by atoms with Gasteiger partial charge in [-0.2, -0.15) is 5.90 Å². The van der Waals surface area contributed by atoms with E-state index in [1.165, 1.54) is 44.9 Å². The largest absolute Gasteiger partial charge is 0.397 e. The van der Waals surface area contributed by atoms with Gasteiger partial charge in [0.1, 0.15) is 0 Å². The summed E-state index contributed by atoms with van der Waals surface area (Å²) in [6.07, 6.45) is 11.7. The molecule has 3 N–H and O–H groups in total. The number of hydrogen-bond donors (Lipinski definition) is 2. The molecule has 0 spiro atoms. The SMILES string of the molecule is CCCCCCCCCCCC(=O)ON.CCO. The van der Waals surface area contributed by atoms with Gasteiger partial charge in [0.2, 0.25) is 0 Å². The van der Waals surface area contributed by atoms with Crippen LogP contribution in [0.1, 0.15) is 78.1 Å². The molecule has 0 fully saturated rings. The molecular formula is C14H31NO3. The second kappa shape index (κ2) is 18.7. The van der Waals surface area contributed by atoms with Gasteiger partial charge in [-0.15, -0.1) is 0 Å². The van der Waals surface area contributed by atoms with Crippen molar-refractivity contribution < 1.29 is 14.7 Å². The highest BCUT2D eigenvalue weighted by Crippen LogP contribution is 2.10. The third-order valence-electron chi connectivity index (χ3n) is 2.62. The number of unbranched alkanes of at least 4 members (excludes halogenated alkanes) is 8. The predicted octanol–water partition coefficient (Wildman–Crippen LogP) is 3.32. The van der Waals surface area contributed by atoms with Gasteiger partial charge in [-0.3, -0.25) is 4.79 Å². The summed E-state index contributed by atoms with van der Waals surface area (Å²) in [5.41, 5.74) is 0. The first-order chi connectivity index (χ1) is 8.72. The molecule has 0 aromatic heterocycles. The van der Waals surface area contributed by atoms with Crippen molar-refractivity contribution in [2.45, 2.75) is 78.1 Å². The summed E-state index contributed by atoms with van der Waals surface area (Å²) in [4.78, 5) is 14.8. The van der Waals surface area contributed by atoms with Crippen molar-refractivity contribution in [2.24, 2.45) is 5.90 Å². The Kier molecular flexibility index (Phi) is 20.5. The molecule has 0 rings (SSSR count). The molecule has 0 aliphatic carbocycles. The minimum Gasteiger partial charge on any atom is -0.397 e. The summed E-state index contributed by atoms with van der Waals surface area (Å²) in [5.74, 6) is 4.44. The molecule has 18 heavy (non-hydrogen) atoms. The summed E-state index contributed by atoms with van der Waals surface area (Å²) in [6.45, 7) is 4.16. The van der Waals surface area contributed by atoms with Crippen LogP contribution >= 0.6 is 0 Å². The number of carbonyl (C=O) groups is 1. The number of rotatable bonds is 10. The topological polar surface area (TPSA) is 72.5 Å². The molecule has 4 heteroatoms. The summed E-state index contributed by atoms with van der Waals surface area (Å²) in [7, 11) is 0. The van der Waals surface area contributed by atoms with Crippen molar-refractivity contribution in [2.75, 3.05) is 6.61 Å². The highest BCUT2D eigenvalue weighted by molar-refractivity contribution is 5.68. The first-order valence-corrected chi connectivity index (χ1v) is 7.23. The van der Waals surface area contributed by atoms with Gasteiger partial charge in [0.15, 0.2) is 0 Å². The van der Waals surface area contributed by atoms with Crippen LogP contribution in [0, 0.1) is 0 Å². The van der Waals surface area contributed by atoms with Crippen molar-refractivity contribution in [3.63, 3.8) is 0 Å². The standard InChI is InChI=1S/C12H25NO2.C2H6O/c1-2-3-4-5-6-7-8-9-10-11-12(14)15-13;1-2-3/h2-11,13H2,1H3;3H,2H2,1H3. The van der Waals surface area contributed by atoms with E-state index in [1.807, 2.05) is 0 Å². The predicted molar refractivity (Wildman–Crippen MR) is 74.9 cm³/mol. The highest BCUT2D eigenvalue weighted by Gasteiger charge is 1.99. The normalized spacial score (nSPS) is 9.56. The number of aliphatic hydroxyl groups excluding tert-OH is 1. The molecule has 0 aliphatic rings. The first-order valence-electron chi connectivity index (χ1n) is 7.23. The fourth-order valence-electron chi connectivity index (χ4n) is 1.64. The Labute approximate surface area is 112 Å². The molecule has 0 heterocycles. The van der Waals surface area contributed by atoms with Crippen LogP contribution in [0.3, 0.4) is 0 Å². The maximum Gasteiger partial charge on any atom is 0.324 e. The van der Waals surface area contributed by atoms with E-state index >= 15 is 0 Å². The Morgan fingerprint density at radius 3 is 1.72 bits per heavy atom. The molecule has 0 aliphatic heterocycles. The third kappa shape index (κ3) is 20.8. The highest BCUT2D eigenvalue weighted by atomic mass is 16.7. The summed E-state index contributed by atoms with van der Waals surface area (Å²) in [6, 6.07) is 0. The zero-order chi connectivity index (χ0) is 14.1. The molecule has 0 atom stereocenters.